The number of aromatic nitrogens is 3. The molecule has 1 aliphatic heterocycles. The summed E-state index contributed by atoms with van der Waals surface area (Å²) in [6.45, 7) is 5.84. The van der Waals surface area contributed by atoms with Crippen LogP contribution in [0.1, 0.15) is 35.0 Å². The topological polar surface area (TPSA) is 75.7 Å². The highest BCUT2D eigenvalue weighted by Gasteiger charge is 2.26. The molecule has 4 rings (SSSR count). The molecule has 0 aliphatic carbocycles. The highest BCUT2D eigenvalue weighted by atomic mass is 32.2. The second-order valence-corrected chi connectivity index (χ2v) is 8.04. The zero-order valence-electron chi connectivity index (χ0n) is 13.7. The summed E-state index contributed by atoms with van der Waals surface area (Å²) >= 11 is 0. The van der Waals surface area contributed by atoms with Gasteiger partial charge in [-0.05, 0) is 61.2 Å². The zero-order chi connectivity index (χ0) is 17.1. The van der Waals surface area contributed by atoms with Crippen molar-refractivity contribution in [3.63, 3.8) is 0 Å². The first kappa shape index (κ1) is 15.1. The van der Waals surface area contributed by atoms with Gasteiger partial charge in [-0.2, -0.15) is 5.10 Å². The molecule has 0 unspecified atom stereocenters. The lowest BCUT2D eigenvalue weighted by atomic mass is 9.99. The summed E-state index contributed by atoms with van der Waals surface area (Å²) in [4.78, 5) is 4.79. The molecule has 122 valence electrons. The van der Waals surface area contributed by atoms with Crippen molar-refractivity contribution in [2.75, 3.05) is 0 Å². The van der Waals surface area contributed by atoms with Gasteiger partial charge in [0.15, 0.2) is 0 Å². The molecule has 0 radical (unpaired) electrons. The third kappa shape index (κ3) is 2.17. The third-order valence-electron chi connectivity index (χ3n) is 4.71. The van der Waals surface area contributed by atoms with E-state index in [0.717, 1.165) is 44.6 Å². The molecule has 1 aliphatic rings. The SMILES string of the molecule is CC1=CS(=O)(=O)c2cc3c(Cc4n[nH]c(C)c4C)ccnc3cc21. The molecule has 3 heterocycles. The summed E-state index contributed by atoms with van der Waals surface area (Å²) in [5.41, 5.74) is 6.49. The van der Waals surface area contributed by atoms with Crippen LogP contribution >= 0.6 is 0 Å². The van der Waals surface area contributed by atoms with Crippen LogP contribution in [0.4, 0.5) is 0 Å². The molecule has 0 fully saturated rings. The van der Waals surface area contributed by atoms with Crippen LogP contribution in [0.15, 0.2) is 34.7 Å². The summed E-state index contributed by atoms with van der Waals surface area (Å²) in [6.07, 6.45) is 2.40. The van der Waals surface area contributed by atoms with E-state index in [9.17, 15) is 8.42 Å². The number of aryl methyl sites for hydroxylation is 1. The number of rotatable bonds is 2. The molecule has 0 saturated carbocycles. The van der Waals surface area contributed by atoms with E-state index in [2.05, 4.69) is 15.2 Å². The molecule has 0 saturated heterocycles. The molecule has 24 heavy (non-hydrogen) atoms. The van der Waals surface area contributed by atoms with E-state index in [4.69, 9.17) is 0 Å². The van der Waals surface area contributed by atoms with E-state index in [-0.39, 0.29) is 0 Å². The lowest BCUT2D eigenvalue weighted by Crippen LogP contribution is -1.98. The number of sulfone groups is 1. The van der Waals surface area contributed by atoms with E-state index >= 15 is 0 Å². The molecule has 3 aromatic rings. The molecular formula is C18H17N3O2S. The second-order valence-electron chi connectivity index (χ2n) is 6.28. The van der Waals surface area contributed by atoms with Crippen LogP contribution in [-0.2, 0) is 16.3 Å². The Morgan fingerprint density at radius 1 is 1.17 bits per heavy atom. The fraction of sp³-hybridized carbons (Fsp3) is 0.222. The van der Waals surface area contributed by atoms with E-state index in [1.807, 2.05) is 32.9 Å². The van der Waals surface area contributed by atoms with Gasteiger partial charge >= 0.3 is 0 Å². The van der Waals surface area contributed by atoms with E-state index in [0.29, 0.717) is 11.3 Å². The minimum Gasteiger partial charge on any atom is -0.282 e. The van der Waals surface area contributed by atoms with E-state index in [1.165, 1.54) is 5.41 Å². The van der Waals surface area contributed by atoms with Gasteiger partial charge in [-0.1, -0.05) is 0 Å². The number of H-pyrrole nitrogens is 1. The van der Waals surface area contributed by atoms with Gasteiger partial charge in [0.25, 0.3) is 0 Å². The maximum Gasteiger partial charge on any atom is 0.200 e. The van der Waals surface area contributed by atoms with Crippen molar-refractivity contribution in [1.82, 2.24) is 15.2 Å². The Labute approximate surface area is 140 Å². The molecule has 2 aromatic heterocycles. The Kier molecular flexibility index (Phi) is 3.15. The first-order valence-corrected chi connectivity index (χ1v) is 9.27. The van der Waals surface area contributed by atoms with Crippen molar-refractivity contribution in [1.29, 1.82) is 0 Å². The van der Waals surface area contributed by atoms with Gasteiger partial charge in [-0.15, -0.1) is 0 Å². The molecule has 1 aromatic carbocycles. The van der Waals surface area contributed by atoms with Gasteiger partial charge in [0, 0.05) is 29.1 Å². The number of pyridine rings is 1. The molecular weight excluding hydrogens is 322 g/mol. The smallest absolute Gasteiger partial charge is 0.200 e. The third-order valence-corrected chi connectivity index (χ3v) is 6.32. The first-order chi connectivity index (χ1) is 11.4. The first-order valence-electron chi connectivity index (χ1n) is 7.72. The van der Waals surface area contributed by atoms with Crippen LogP contribution in [0, 0.1) is 13.8 Å². The maximum atomic E-state index is 12.3. The van der Waals surface area contributed by atoms with E-state index < -0.39 is 9.84 Å². The lowest BCUT2D eigenvalue weighted by Gasteiger charge is -2.08. The predicted octanol–water partition coefficient (Wildman–Crippen LogP) is 3.31. The molecule has 0 spiro atoms. The van der Waals surface area contributed by atoms with Gasteiger partial charge in [0.2, 0.25) is 9.84 Å². The number of aromatic amines is 1. The molecule has 6 heteroatoms. The van der Waals surface area contributed by atoms with Crippen LogP contribution in [-0.4, -0.2) is 23.6 Å². The predicted molar refractivity (Wildman–Crippen MR) is 93.4 cm³/mol. The fourth-order valence-corrected chi connectivity index (χ4v) is 4.70. The largest absolute Gasteiger partial charge is 0.282 e. The molecule has 1 N–H and O–H groups in total. The van der Waals surface area contributed by atoms with Crippen molar-refractivity contribution in [2.45, 2.75) is 32.1 Å². The minimum absolute atomic E-state index is 0.372. The number of nitrogens with zero attached hydrogens (tertiary/aromatic N) is 2. The highest BCUT2D eigenvalue weighted by molar-refractivity contribution is 7.95. The number of hydrogen-bond donors (Lipinski definition) is 1. The monoisotopic (exact) mass is 339 g/mol. The molecule has 5 nitrogen and oxygen atoms in total. The van der Waals surface area contributed by atoms with Crippen molar-refractivity contribution in [3.8, 4) is 0 Å². The number of fused-ring (bicyclic) bond motifs is 2. The highest BCUT2D eigenvalue weighted by Crippen LogP contribution is 2.36. The van der Waals surface area contributed by atoms with Crippen molar-refractivity contribution < 1.29 is 8.42 Å². The number of benzene rings is 1. The standard InChI is InChI=1S/C18H17N3O2S/c1-10-9-24(22,23)18-8-15-13(4-5-19-17(15)7-14(10)18)6-16-11(2)12(3)20-21-16/h4-5,7-9H,6H2,1-3H3,(H,20,21). The number of hydrogen-bond acceptors (Lipinski definition) is 4. The summed E-state index contributed by atoms with van der Waals surface area (Å²) in [5.74, 6) is 0. The van der Waals surface area contributed by atoms with Crippen LogP contribution in [0.25, 0.3) is 16.5 Å². The Bertz CT molecular complexity index is 1120. The Balaban J connectivity index is 1.91. The van der Waals surface area contributed by atoms with Crippen molar-refractivity contribution >= 4 is 26.3 Å². The average Bonchev–Trinajstić information content (AvgIpc) is 2.96. The lowest BCUT2D eigenvalue weighted by molar-refractivity contribution is 0.605. The second kappa shape index (κ2) is 5.01. The Hall–Kier alpha value is -2.47. The summed E-state index contributed by atoms with van der Waals surface area (Å²) < 4.78 is 24.6. The summed E-state index contributed by atoms with van der Waals surface area (Å²) in [5, 5.41) is 9.55. The molecule has 0 atom stereocenters. The fourth-order valence-electron chi connectivity index (χ4n) is 3.18. The minimum atomic E-state index is -3.35. The van der Waals surface area contributed by atoms with E-state index in [1.54, 1.807) is 12.3 Å². The average molecular weight is 339 g/mol. The van der Waals surface area contributed by atoms with Gasteiger partial charge in [-0.25, -0.2) is 8.42 Å². The summed E-state index contributed by atoms with van der Waals surface area (Å²) in [7, 11) is -3.35. The Morgan fingerprint density at radius 2 is 1.96 bits per heavy atom. The molecule has 0 bridgehead atoms. The van der Waals surface area contributed by atoms with Crippen molar-refractivity contribution in [3.05, 3.63) is 57.9 Å². The Morgan fingerprint density at radius 3 is 2.67 bits per heavy atom. The van der Waals surface area contributed by atoms with Crippen LogP contribution < -0.4 is 0 Å². The normalized spacial score (nSPS) is 15.5. The van der Waals surface area contributed by atoms with Gasteiger partial charge < -0.3 is 0 Å². The zero-order valence-corrected chi connectivity index (χ0v) is 14.5. The van der Waals surface area contributed by atoms with Crippen LogP contribution in [0.2, 0.25) is 0 Å². The van der Waals surface area contributed by atoms with Crippen LogP contribution in [0.5, 0.6) is 0 Å². The maximum absolute atomic E-state index is 12.3. The van der Waals surface area contributed by atoms with Gasteiger partial charge in [0.1, 0.15) is 0 Å². The van der Waals surface area contributed by atoms with Gasteiger partial charge in [-0.3, -0.25) is 10.1 Å². The van der Waals surface area contributed by atoms with Crippen molar-refractivity contribution in [2.24, 2.45) is 0 Å². The summed E-state index contributed by atoms with van der Waals surface area (Å²) in [6, 6.07) is 5.55. The number of allylic oxidation sites excluding steroid dienone is 1. The molecule has 0 amide bonds. The number of nitrogens with one attached hydrogen (secondary N) is 1. The van der Waals surface area contributed by atoms with Crippen LogP contribution in [0.3, 0.4) is 0 Å². The van der Waals surface area contributed by atoms with Gasteiger partial charge in [0.05, 0.1) is 16.1 Å². The quantitative estimate of drug-likeness (QED) is 0.777.